The van der Waals surface area contributed by atoms with Crippen LogP contribution in [0.2, 0.25) is 0 Å². The molecule has 3 N–H and O–H groups in total. The summed E-state index contributed by atoms with van der Waals surface area (Å²) in [5, 5.41) is 0. The van der Waals surface area contributed by atoms with Crippen LogP contribution in [0, 0.1) is 6.92 Å². The van der Waals surface area contributed by atoms with Gasteiger partial charge in [0.1, 0.15) is 5.82 Å². The minimum Gasteiger partial charge on any atom is -0.308 e. The van der Waals surface area contributed by atoms with E-state index in [1.54, 1.807) is 0 Å². The molecule has 0 atom stereocenters. The SMILES string of the molecule is CC.Cc1cccc(NN)n1. The van der Waals surface area contributed by atoms with E-state index in [1.165, 1.54) is 0 Å². The number of rotatable bonds is 1. The minimum absolute atomic E-state index is 0.704. The van der Waals surface area contributed by atoms with Crippen LogP contribution < -0.4 is 11.3 Å². The van der Waals surface area contributed by atoms with Crippen LogP contribution in [-0.2, 0) is 0 Å². The van der Waals surface area contributed by atoms with Gasteiger partial charge in [-0.05, 0) is 19.1 Å². The quantitative estimate of drug-likeness (QED) is 0.477. The first-order valence-corrected chi connectivity index (χ1v) is 3.73. The van der Waals surface area contributed by atoms with Crippen LogP contribution in [0.1, 0.15) is 19.5 Å². The van der Waals surface area contributed by atoms with Gasteiger partial charge in [0.05, 0.1) is 0 Å². The molecule has 0 saturated heterocycles. The highest BCUT2D eigenvalue weighted by Crippen LogP contribution is 2.00. The number of hydrogen-bond acceptors (Lipinski definition) is 3. The highest BCUT2D eigenvalue weighted by Gasteiger charge is 1.86. The van der Waals surface area contributed by atoms with Crippen LogP contribution in [0.25, 0.3) is 0 Å². The molecule has 0 unspecified atom stereocenters. The van der Waals surface area contributed by atoms with E-state index in [0.29, 0.717) is 5.82 Å². The molecular weight excluding hydrogens is 138 g/mol. The second kappa shape index (κ2) is 5.68. The zero-order chi connectivity index (χ0) is 8.69. The fourth-order valence-electron chi connectivity index (χ4n) is 0.623. The fraction of sp³-hybridized carbons (Fsp3) is 0.375. The molecular formula is C8H15N3. The van der Waals surface area contributed by atoms with Gasteiger partial charge in [-0.15, -0.1) is 0 Å². The van der Waals surface area contributed by atoms with E-state index in [2.05, 4.69) is 10.4 Å². The normalized spacial score (nSPS) is 8.00. The molecule has 62 valence electrons. The van der Waals surface area contributed by atoms with Gasteiger partial charge in [0.2, 0.25) is 0 Å². The molecule has 0 fully saturated rings. The maximum atomic E-state index is 5.11. The third kappa shape index (κ3) is 3.57. The van der Waals surface area contributed by atoms with Gasteiger partial charge in [0, 0.05) is 5.69 Å². The number of nitrogens with one attached hydrogen (secondary N) is 1. The van der Waals surface area contributed by atoms with Crippen LogP contribution in [-0.4, -0.2) is 4.98 Å². The maximum absolute atomic E-state index is 5.11. The van der Waals surface area contributed by atoms with E-state index in [-0.39, 0.29) is 0 Å². The lowest BCUT2D eigenvalue weighted by Gasteiger charge is -1.96. The number of anilines is 1. The number of aromatic nitrogens is 1. The Morgan fingerprint density at radius 2 is 2.00 bits per heavy atom. The van der Waals surface area contributed by atoms with E-state index < -0.39 is 0 Å². The van der Waals surface area contributed by atoms with Crippen LogP contribution in [0.15, 0.2) is 18.2 Å². The number of aryl methyl sites for hydroxylation is 1. The number of hydrazine groups is 1. The lowest BCUT2D eigenvalue weighted by Crippen LogP contribution is -2.08. The van der Waals surface area contributed by atoms with Crippen LogP contribution in [0.4, 0.5) is 5.82 Å². The fourth-order valence-corrected chi connectivity index (χ4v) is 0.623. The Labute approximate surface area is 67.6 Å². The van der Waals surface area contributed by atoms with Crippen molar-refractivity contribution in [2.45, 2.75) is 20.8 Å². The van der Waals surface area contributed by atoms with Crippen molar-refractivity contribution in [3.8, 4) is 0 Å². The Morgan fingerprint density at radius 1 is 1.36 bits per heavy atom. The zero-order valence-electron chi connectivity index (χ0n) is 7.26. The van der Waals surface area contributed by atoms with Crippen LogP contribution >= 0.6 is 0 Å². The Balaban J connectivity index is 0.000000461. The lowest BCUT2D eigenvalue weighted by atomic mass is 10.4. The van der Waals surface area contributed by atoms with Crippen LogP contribution in [0.3, 0.4) is 0 Å². The first kappa shape index (κ1) is 9.91. The summed E-state index contributed by atoms with van der Waals surface area (Å²) in [6.07, 6.45) is 0. The average molecular weight is 153 g/mol. The number of nitrogen functional groups attached to an aromatic ring is 1. The predicted octanol–water partition coefficient (Wildman–Crippen LogP) is 1.70. The number of pyridine rings is 1. The Kier molecular flexibility index (Phi) is 5.11. The van der Waals surface area contributed by atoms with E-state index in [0.717, 1.165) is 5.69 Å². The highest BCUT2D eigenvalue weighted by molar-refractivity contribution is 5.32. The molecule has 11 heavy (non-hydrogen) atoms. The smallest absolute Gasteiger partial charge is 0.140 e. The summed E-state index contributed by atoms with van der Waals surface area (Å²) in [5.41, 5.74) is 3.42. The first-order chi connectivity index (χ1) is 5.33. The van der Waals surface area contributed by atoms with Crippen molar-refractivity contribution in [2.75, 3.05) is 5.43 Å². The molecule has 0 aromatic carbocycles. The molecule has 0 bridgehead atoms. The molecule has 0 aliphatic heterocycles. The van der Waals surface area contributed by atoms with Gasteiger partial charge in [0.15, 0.2) is 0 Å². The summed E-state index contributed by atoms with van der Waals surface area (Å²) in [6.45, 7) is 5.92. The van der Waals surface area contributed by atoms with Gasteiger partial charge in [-0.25, -0.2) is 10.8 Å². The molecule has 0 amide bonds. The third-order valence-electron chi connectivity index (χ3n) is 1.04. The molecule has 1 heterocycles. The topological polar surface area (TPSA) is 50.9 Å². The van der Waals surface area contributed by atoms with Gasteiger partial charge < -0.3 is 5.43 Å². The summed E-state index contributed by atoms with van der Waals surface area (Å²) >= 11 is 0. The molecule has 1 aromatic rings. The van der Waals surface area contributed by atoms with E-state index in [1.807, 2.05) is 39.0 Å². The number of nitrogens with zero attached hydrogens (tertiary/aromatic N) is 1. The van der Waals surface area contributed by atoms with Gasteiger partial charge in [-0.2, -0.15) is 0 Å². The highest BCUT2D eigenvalue weighted by atomic mass is 15.2. The summed E-state index contributed by atoms with van der Waals surface area (Å²) < 4.78 is 0. The summed E-state index contributed by atoms with van der Waals surface area (Å²) in [5.74, 6) is 5.81. The van der Waals surface area contributed by atoms with Crippen molar-refractivity contribution in [1.29, 1.82) is 0 Å². The van der Waals surface area contributed by atoms with E-state index >= 15 is 0 Å². The van der Waals surface area contributed by atoms with Gasteiger partial charge in [-0.1, -0.05) is 19.9 Å². The van der Waals surface area contributed by atoms with Crippen LogP contribution in [0.5, 0.6) is 0 Å². The van der Waals surface area contributed by atoms with Gasteiger partial charge >= 0.3 is 0 Å². The largest absolute Gasteiger partial charge is 0.308 e. The number of nitrogens with two attached hydrogens (primary N) is 1. The van der Waals surface area contributed by atoms with Gasteiger partial charge in [-0.3, -0.25) is 0 Å². The third-order valence-corrected chi connectivity index (χ3v) is 1.04. The Bertz CT molecular complexity index is 198. The van der Waals surface area contributed by atoms with Crippen molar-refractivity contribution >= 4 is 5.82 Å². The predicted molar refractivity (Wildman–Crippen MR) is 48.1 cm³/mol. The average Bonchev–Trinajstić information content (AvgIpc) is 2.08. The van der Waals surface area contributed by atoms with E-state index in [9.17, 15) is 0 Å². The number of hydrogen-bond donors (Lipinski definition) is 2. The second-order valence-corrected chi connectivity index (χ2v) is 1.81. The molecule has 1 rings (SSSR count). The molecule has 1 aromatic heterocycles. The Hall–Kier alpha value is -1.09. The molecule has 0 saturated carbocycles. The molecule has 3 nitrogen and oxygen atoms in total. The molecule has 0 aliphatic carbocycles. The molecule has 0 spiro atoms. The van der Waals surface area contributed by atoms with Crippen molar-refractivity contribution in [3.63, 3.8) is 0 Å². The summed E-state index contributed by atoms with van der Waals surface area (Å²) in [6, 6.07) is 5.63. The maximum Gasteiger partial charge on any atom is 0.140 e. The molecule has 0 aliphatic rings. The lowest BCUT2D eigenvalue weighted by molar-refractivity contribution is 1.16. The second-order valence-electron chi connectivity index (χ2n) is 1.81. The first-order valence-electron chi connectivity index (χ1n) is 3.73. The molecule has 3 heteroatoms. The standard InChI is InChI=1S/C6H9N3.C2H6/c1-5-3-2-4-6(8-5)9-7;1-2/h2-4H,7H2,1H3,(H,8,9);1-2H3. The summed E-state index contributed by atoms with van der Waals surface area (Å²) in [4.78, 5) is 4.06. The monoisotopic (exact) mass is 153 g/mol. The minimum atomic E-state index is 0.704. The van der Waals surface area contributed by atoms with Crippen molar-refractivity contribution in [2.24, 2.45) is 5.84 Å². The van der Waals surface area contributed by atoms with Crippen molar-refractivity contribution in [1.82, 2.24) is 4.98 Å². The zero-order valence-corrected chi connectivity index (χ0v) is 7.26. The summed E-state index contributed by atoms with van der Waals surface area (Å²) in [7, 11) is 0. The van der Waals surface area contributed by atoms with Crippen molar-refractivity contribution in [3.05, 3.63) is 23.9 Å². The van der Waals surface area contributed by atoms with E-state index in [4.69, 9.17) is 5.84 Å². The van der Waals surface area contributed by atoms with Crippen molar-refractivity contribution < 1.29 is 0 Å². The van der Waals surface area contributed by atoms with Gasteiger partial charge in [0.25, 0.3) is 0 Å². The Morgan fingerprint density at radius 3 is 2.36 bits per heavy atom. The molecule has 0 radical (unpaired) electrons.